The largest absolute Gasteiger partial charge is 0.513 e. The number of benzene rings is 3. The number of halogens is 1. The Morgan fingerprint density at radius 2 is 0.930 bits per heavy atom. The van der Waals surface area contributed by atoms with Gasteiger partial charge in [0.25, 0.3) is 0 Å². The van der Waals surface area contributed by atoms with E-state index in [1.54, 1.807) is 18.2 Å². The highest BCUT2D eigenvalue weighted by molar-refractivity contribution is 6.31. The monoisotopic (exact) mass is 612 g/mol. The van der Waals surface area contributed by atoms with Crippen molar-refractivity contribution in [1.29, 1.82) is 0 Å². The third-order valence-corrected chi connectivity index (χ3v) is 7.93. The van der Waals surface area contributed by atoms with Gasteiger partial charge in [0.2, 0.25) is 0 Å². The Kier molecular flexibility index (Phi) is 16.1. The molecule has 43 heavy (non-hydrogen) atoms. The van der Waals surface area contributed by atoms with Crippen LogP contribution in [0, 0.1) is 0 Å². The number of rotatable bonds is 20. The average Bonchev–Trinajstić information content (AvgIpc) is 3.01. The number of ether oxygens (including phenoxy) is 4. The van der Waals surface area contributed by atoms with E-state index in [0.29, 0.717) is 51.3 Å². The number of carbonyl (C=O) groups is 2. The summed E-state index contributed by atoms with van der Waals surface area (Å²) in [4.78, 5) is 25.5. The van der Waals surface area contributed by atoms with Crippen LogP contribution in [-0.4, -0.2) is 25.5 Å². The summed E-state index contributed by atoms with van der Waals surface area (Å²) >= 11 is 6.35. The van der Waals surface area contributed by atoms with Gasteiger partial charge in [-0.2, -0.15) is 0 Å². The number of carbonyl (C=O) groups excluding carboxylic acids is 2. The van der Waals surface area contributed by atoms with Crippen molar-refractivity contribution in [2.24, 2.45) is 0 Å². The average molecular weight is 613 g/mol. The summed E-state index contributed by atoms with van der Waals surface area (Å²) in [7, 11) is 0. The molecular formula is C36H49ClO6. The first kappa shape index (κ1) is 34.5. The molecule has 3 rings (SSSR count). The lowest BCUT2D eigenvalue weighted by Gasteiger charge is -2.16. The van der Waals surface area contributed by atoms with E-state index >= 15 is 0 Å². The third kappa shape index (κ3) is 11.9. The molecule has 0 saturated heterocycles. The first-order chi connectivity index (χ1) is 21.0. The highest BCUT2D eigenvalue weighted by atomic mass is 35.5. The summed E-state index contributed by atoms with van der Waals surface area (Å²) in [6, 6.07) is 12.5. The standard InChI is InChI=1S/C36H49ClO6/c1-3-5-7-9-11-13-15-19-25-40-35(38)42-33-29-21-17-18-22-30(29)34(32-27-28(37)23-24-31(32)33)43-36(39)41-26-20-16-14-12-10-8-6-4-2/h17-18,21-24,27H,3-16,19-20,25-26H2,1-2H3. The minimum atomic E-state index is -0.771. The van der Waals surface area contributed by atoms with Crippen LogP contribution in [0.25, 0.3) is 21.5 Å². The number of unbranched alkanes of at least 4 members (excludes halogenated alkanes) is 14. The topological polar surface area (TPSA) is 71.1 Å². The first-order valence-electron chi connectivity index (χ1n) is 16.4. The van der Waals surface area contributed by atoms with Crippen molar-refractivity contribution in [3.8, 4) is 11.5 Å². The molecule has 0 bridgehead atoms. The van der Waals surface area contributed by atoms with Crippen molar-refractivity contribution < 1.29 is 28.5 Å². The second kappa shape index (κ2) is 20.1. The van der Waals surface area contributed by atoms with Crippen LogP contribution < -0.4 is 9.47 Å². The Hall–Kier alpha value is -2.99. The summed E-state index contributed by atoms with van der Waals surface area (Å²) in [5.74, 6) is 0.650. The van der Waals surface area contributed by atoms with Gasteiger partial charge in [-0.25, -0.2) is 9.59 Å². The fraction of sp³-hybridized carbons (Fsp3) is 0.556. The lowest BCUT2D eigenvalue weighted by Crippen LogP contribution is -2.14. The van der Waals surface area contributed by atoms with Crippen LogP contribution in [0.3, 0.4) is 0 Å². The summed E-state index contributed by atoms with van der Waals surface area (Å²) in [6.45, 7) is 5.04. The Morgan fingerprint density at radius 1 is 0.535 bits per heavy atom. The number of hydrogen-bond donors (Lipinski definition) is 0. The lowest BCUT2D eigenvalue weighted by atomic mass is 10.0. The molecule has 7 heteroatoms. The molecule has 3 aromatic rings. The molecular weight excluding hydrogens is 564 g/mol. The quantitative estimate of drug-likeness (QED) is 0.0547. The highest BCUT2D eigenvalue weighted by Crippen LogP contribution is 2.44. The molecule has 236 valence electrons. The molecule has 0 heterocycles. The van der Waals surface area contributed by atoms with Crippen LogP contribution >= 0.6 is 11.6 Å². The van der Waals surface area contributed by atoms with Gasteiger partial charge in [-0.05, 0) is 31.0 Å². The molecule has 0 spiro atoms. The van der Waals surface area contributed by atoms with Crippen LogP contribution in [0.1, 0.15) is 117 Å². The number of hydrogen-bond acceptors (Lipinski definition) is 6. The van der Waals surface area contributed by atoms with Gasteiger partial charge in [-0.3, -0.25) is 0 Å². The van der Waals surface area contributed by atoms with Crippen molar-refractivity contribution in [3.63, 3.8) is 0 Å². The summed E-state index contributed by atoms with van der Waals surface area (Å²) in [6.07, 6.45) is 17.0. The molecule has 0 atom stereocenters. The minimum absolute atomic E-state index is 0.302. The zero-order chi connectivity index (χ0) is 30.7. The van der Waals surface area contributed by atoms with Crippen LogP contribution in [0.4, 0.5) is 9.59 Å². The Bertz CT molecular complexity index is 1270. The predicted molar refractivity (Wildman–Crippen MR) is 176 cm³/mol. The van der Waals surface area contributed by atoms with Crippen LogP contribution in [0.2, 0.25) is 5.02 Å². The maximum atomic E-state index is 12.7. The minimum Gasteiger partial charge on any atom is -0.434 e. The lowest BCUT2D eigenvalue weighted by molar-refractivity contribution is 0.0965. The van der Waals surface area contributed by atoms with E-state index in [4.69, 9.17) is 30.5 Å². The van der Waals surface area contributed by atoms with Crippen molar-refractivity contribution >= 4 is 45.5 Å². The van der Waals surface area contributed by atoms with Crippen LogP contribution in [-0.2, 0) is 9.47 Å². The molecule has 0 aliphatic carbocycles. The van der Waals surface area contributed by atoms with Gasteiger partial charge in [0.05, 0.1) is 13.2 Å². The molecule has 0 aliphatic rings. The molecule has 0 fully saturated rings. The van der Waals surface area contributed by atoms with Crippen molar-refractivity contribution in [1.82, 2.24) is 0 Å². The van der Waals surface area contributed by atoms with E-state index in [9.17, 15) is 9.59 Å². The van der Waals surface area contributed by atoms with Crippen molar-refractivity contribution in [2.75, 3.05) is 13.2 Å². The van der Waals surface area contributed by atoms with E-state index in [1.807, 2.05) is 24.3 Å². The van der Waals surface area contributed by atoms with E-state index in [0.717, 1.165) is 38.5 Å². The fourth-order valence-electron chi connectivity index (χ4n) is 5.30. The maximum Gasteiger partial charge on any atom is 0.513 e. The second-order valence-electron chi connectivity index (χ2n) is 11.2. The number of fused-ring (bicyclic) bond motifs is 2. The van der Waals surface area contributed by atoms with Crippen molar-refractivity contribution in [2.45, 2.75) is 117 Å². The van der Waals surface area contributed by atoms with Gasteiger partial charge >= 0.3 is 12.3 Å². The van der Waals surface area contributed by atoms with E-state index < -0.39 is 12.3 Å². The maximum absolute atomic E-state index is 12.7. The first-order valence-corrected chi connectivity index (χ1v) is 16.8. The zero-order valence-electron chi connectivity index (χ0n) is 26.1. The van der Waals surface area contributed by atoms with E-state index in [2.05, 4.69) is 13.8 Å². The Labute approximate surface area is 262 Å². The molecule has 0 saturated carbocycles. The van der Waals surface area contributed by atoms with Crippen LogP contribution in [0.5, 0.6) is 11.5 Å². The molecule has 0 amide bonds. The highest BCUT2D eigenvalue weighted by Gasteiger charge is 2.21. The van der Waals surface area contributed by atoms with Crippen molar-refractivity contribution in [3.05, 3.63) is 47.5 Å². The molecule has 3 aromatic carbocycles. The molecule has 0 unspecified atom stereocenters. The zero-order valence-corrected chi connectivity index (χ0v) is 26.9. The molecule has 0 radical (unpaired) electrons. The summed E-state index contributed by atoms with van der Waals surface area (Å²) in [5, 5.41) is 2.81. The SMILES string of the molecule is CCCCCCCCCCOC(=O)Oc1c2ccccc2c(OC(=O)OCCCCCCCCCC)c2cc(Cl)ccc12. The van der Waals surface area contributed by atoms with Gasteiger partial charge in [-0.15, -0.1) is 0 Å². The normalized spacial score (nSPS) is 11.1. The van der Waals surface area contributed by atoms with E-state index in [-0.39, 0.29) is 0 Å². The molecule has 0 aromatic heterocycles. The smallest absolute Gasteiger partial charge is 0.434 e. The van der Waals surface area contributed by atoms with Gasteiger partial charge in [-0.1, -0.05) is 140 Å². The summed E-state index contributed by atoms with van der Waals surface area (Å²) in [5.41, 5.74) is 0. The van der Waals surface area contributed by atoms with Gasteiger partial charge in [0.15, 0.2) is 5.75 Å². The van der Waals surface area contributed by atoms with Gasteiger partial charge in [0.1, 0.15) is 5.75 Å². The predicted octanol–water partition coefficient (Wildman–Crippen LogP) is 12.0. The van der Waals surface area contributed by atoms with E-state index in [1.165, 1.54) is 64.2 Å². The molecule has 0 aliphatic heterocycles. The Morgan fingerprint density at radius 3 is 1.40 bits per heavy atom. The molecule has 0 N–H and O–H groups in total. The third-order valence-electron chi connectivity index (χ3n) is 7.69. The molecule has 6 nitrogen and oxygen atoms in total. The Balaban J connectivity index is 1.61. The summed E-state index contributed by atoms with van der Waals surface area (Å²) < 4.78 is 22.4. The van der Waals surface area contributed by atoms with Gasteiger partial charge in [0, 0.05) is 26.6 Å². The second-order valence-corrected chi connectivity index (χ2v) is 11.7. The fourth-order valence-corrected chi connectivity index (χ4v) is 5.47. The van der Waals surface area contributed by atoms with Gasteiger partial charge < -0.3 is 18.9 Å². The van der Waals surface area contributed by atoms with Crippen LogP contribution in [0.15, 0.2) is 42.5 Å².